The fraction of sp³-hybridized carbons (Fsp3) is 0.471. The maximum absolute atomic E-state index is 12.7. The number of morpholine rings is 1. The SMILES string of the molecule is CC(C)(C)c1csc(C2CN(C(=O)c3ccncc3Cl)CCO2)n1. The first-order valence-electron chi connectivity index (χ1n) is 7.82. The van der Waals surface area contributed by atoms with Gasteiger partial charge in [-0.2, -0.15) is 0 Å². The molecular formula is C17H20ClN3O2S. The van der Waals surface area contributed by atoms with E-state index in [1.54, 1.807) is 28.5 Å². The largest absolute Gasteiger partial charge is 0.367 e. The van der Waals surface area contributed by atoms with Gasteiger partial charge in [-0.1, -0.05) is 32.4 Å². The summed E-state index contributed by atoms with van der Waals surface area (Å²) in [5.41, 5.74) is 1.53. The molecule has 0 spiro atoms. The van der Waals surface area contributed by atoms with Crippen LogP contribution in [0.15, 0.2) is 23.8 Å². The first kappa shape index (κ1) is 17.3. The second kappa shape index (κ2) is 6.78. The first-order chi connectivity index (χ1) is 11.4. The zero-order valence-electron chi connectivity index (χ0n) is 14.0. The predicted molar refractivity (Wildman–Crippen MR) is 94.7 cm³/mol. The third kappa shape index (κ3) is 3.61. The van der Waals surface area contributed by atoms with Gasteiger partial charge in [0.05, 0.1) is 29.4 Å². The van der Waals surface area contributed by atoms with E-state index in [2.05, 4.69) is 31.1 Å². The summed E-state index contributed by atoms with van der Waals surface area (Å²) >= 11 is 7.68. The van der Waals surface area contributed by atoms with Crippen molar-refractivity contribution in [3.63, 3.8) is 0 Å². The minimum absolute atomic E-state index is 0.00346. The monoisotopic (exact) mass is 365 g/mol. The Hall–Kier alpha value is -1.50. The molecule has 2 aromatic heterocycles. The fourth-order valence-corrected chi connectivity index (χ4v) is 3.77. The van der Waals surface area contributed by atoms with Gasteiger partial charge in [-0.3, -0.25) is 9.78 Å². The second-order valence-corrected chi connectivity index (χ2v) is 8.08. The Kier molecular flexibility index (Phi) is 4.90. The van der Waals surface area contributed by atoms with Gasteiger partial charge < -0.3 is 9.64 Å². The molecule has 1 aliphatic heterocycles. The van der Waals surface area contributed by atoms with Crippen LogP contribution in [0.3, 0.4) is 0 Å². The molecule has 0 N–H and O–H groups in total. The summed E-state index contributed by atoms with van der Waals surface area (Å²) in [4.78, 5) is 23.1. The van der Waals surface area contributed by atoms with Crippen LogP contribution in [-0.2, 0) is 10.2 Å². The summed E-state index contributed by atoms with van der Waals surface area (Å²) in [5, 5.41) is 3.35. The Bertz CT molecular complexity index is 741. The van der Waals surface area contributed by atoms with Crippen LogP contribution in [0, 0.1) is 0 Å². The predicted octanol–water partition coefficient (Wildman–Crippen LogP) is 3.70. The van der Waals surface area contributed by atoms with Gasteiger partial charge in [0.1, 0.15) is 11.1 Å². The summed E-state index contributed by atoms with van der Waals surface area (Å²) in [5.74, 6) is -0.0942. The highest BCUT2D eigenvalue weighted by atomic mass is 35.5. The molecule has 0 aromatic carbocycles. The van der Waals surface area contributed by atoms with Crippen molar-refractivity contribution in [1.82, 2.24) is 14.9 Å². The third-order valence-electron chi connectivity index (χ3n) is 3.92. The van der Waals surface area contributed by atoms with E-state index >= 15 is 0 Å². The third-order valence-corrected chi connectivity index (χ3v) is 5.16. The normalized spacial score (nSPS) is 18.7. The van der Waals surface area contributed by atoms with Gasteiger partial charge in [0.25, 0.3) is 5.91 Å². The Morgan fingerprint density at radius 2 is 2.25 bits per heavy atom. The number of carbonyl (C=O) groups excluding carboxylic acids is 1. The Balaban J connectivity index is 1.76. The summed E-state index contributed by atoms with van der Waals surface area (Å²) in [6, 6.07) is 1.65. The number of nitrogens with zero attached hydrogens (tertiary/aromatic N) is 3. The van der Waals surface area contributed by atoms with Crippen LogP contribution in [0.5, 0.6) is 0 Å². The highest BCUT2D eigenvalue weighted by Gasteiger charge is 2.30. The Labute approximate surface area is 150 Å². The number of halogens is 1. The van der Waals surface area contributed by atoms with E-state index in [-0.39, 0.29) is 17.4 Å². The number of ether oxygens (including phenoxy) is 1. The van der Waals surface area contributed by atoms with Crippen LogP contribution in [0.2, 0.25) is 5.02 Å². The summed E-state index contributed by atoms with van der Waals surface area (Å²) < 4.78 is 5.85. The van der Waals surface area contributed by atoms with Gasteiger partial charge in [-0.05, 0) is 6.07 Å². The Morgan fingerprint density at radius 1 is 1.46 bits per heavy atom. The number of carbonyl (C=O) groups is 1. The van der Waals surface area contributed by atoms with Crippen molar-refractivity contribution in [1.29, 1.82) is 0 Å². The molecule has 5 nitrogen and oxygen atoms in total. The van der Waals surface area contributed by atoms with Crippen LogP contribution in [-0.4, -0.2) is 40.5 Å². The van der Waals surface area contributed by atoms with Crippen LogP contribution >= 0.6 is 22.9 Å². The lowest BCUT2D eigenvalue weighted by Gasteiger charge is -2.32. The van der Waals surface area contributed by atoms with Crippen molar-refractivity contribution in [3.8, 4) is 0 Å². The molecule has 1 amide bonds. The number of amides is 1. The maximum Gasteiger partial charge on any atom is 0.255 e. The number of rotatable bonds is 2. The quantitative estimate of drug-likeness (QED) is 0.814. The molecule has 3 heterocycles. The lowest BCUT2D eigenvalue weighted by Crippen LogP contribution is -2.42. The van der Waals surface area contributed by atoms with Gasteiger partial charge in [-0.25, -0.2) is 4.98 Å². The van der Waals surface area contributed by atoms with Crippen LogP contribution in [0.4, 0.5) is 0 Å². The van der Waals surface area contributed by atoms with E-state index in [9.17, 15) is 4.79 Å². The van der Waals surface area contributed by atoms with Gasteiger partial charge in [0, 0.05) is 29.7 Å². The van der Waals surface area contributed by atoms with Gasteiger partial charge in [0.2, 0.25) is 0 Å². The highest BCUT2D eigenvalue weighted by Crippen LogP contribution is 2.30. The van der Waals surface area contributed by atoms with Crippen molar-refractivity contribution in [2.45, 2.75) is 32.3 Å². The summed E-state index contributed by atoms with van der Waals surface area (Å²) in [6.45, 7) is 7.92. The standard InChI is InChI=1S/C17H20ClN3O2S/c1-17(2,3)14-10-24-15(20-14)13-9-21(6-7-23-13)16(22)11-4-5-19-8-12(11)18/h4-5,8,10,13H,6-7,9H2,1-3H3. The number of thiazole rings is 1. The molecule has 128 valence electrons. The minimum Gasteiger partial charge on any atom is -0.367 e. The zero-order chi connectivity index (χ0) is 17.3. The number of hydrogen-bond donors (Lipinski definition) is 0. The van der Waals surface area contributed by atoms with E-state index in [1.165, 1.54) is 6.20 Å². The second-order valence-electron chi connectivity index (χ2n) is 6.79. The van der Waals surface area contributed by atoms with Crippen molar-refractivity contribution in [2.24, 2.45) is 0 Å². The molecule has 1 fully saturated rings. The van der Waals surface area contributed by atoms with Gasteiger partial charge in [0.15, 0.2) is 0 Å². The smallest absolute Gasteiger partial charge is 0.255 e. The summed E-state index contributed by atoms with van der Waals surface area (Å²) in [7, 11) is 0. The zero-order valence-corrected chi connectivity index (χ0v) is 15.5. The van der Waals surface area contributed by atoms with Gasteiger partial charge in [-0.15, -0.1) is 11.3 Å². The Morgan fingerprint density at radius 3 is 2.92 bits per heavy atom. The summed E-state index contributed by atoms with van der Waals surface area (Å²) in [6.07, 6.45) is 2.88. The topological polar surface area (TPSA) is 55.3 Å². The van der Waals surface area contributed by atoms with Crippen molar-refractivity contribution >= 4 is 28.8 Å². The fourth-order valence-electron chi connectivity index (χ4n) is 2.48. The van der Waals surface area contributed by atoms with Crippen molar-refractivity contribution < 1.29 is 9.53 Å². The average molecular weight is 366 g/mol. The van der Waals surface area contributed by atoms with Crippen molar-refractivity contribution in [3.05, 3.63) is 45.1 Å². The van der Waals surface area contributed by atoms with Crippen LogP contribution < -0.4 is 0 Å². The van der Waals surface area contributed by atoms with Crippen LogP contribution in [0.1, 0.15) is 47.9 Å². The molecule has 24 heavy (non-hydrogen) atoms. The molecule has 0 aliphatic carbocycles. The highest BCUT2D eigenvalue weighted by molar-refractivity contribution is 7.09. The van der Waals surface area contributed by atoms with E-state index in [1.807, 2.05) is 0 Å². The maximum atomic E-state index is 12.7. The molecule has 2 aromatic rings. The van der Waals surface area contributed by atoms with E-state index in [4.69, 9.17) is 21.3 Å². The molecule has 1 unspecified atom stereocenters. The molecule has 1 aliphatic rings. The average Bonchev–Trinajstić information content (AvgIpc) is 3.05. The molecule has 0 bridgehead atoms. The molecule has 0 saturated carbocycles. The first-order valence-corrected chi connectivity index (χ1v) is 9.08. The van der Waals surface area contributed by atoms with Crippen molar-refractivity contribution in [2.75, 3.05) is 19.7 Å². The molecule has 0 radical (unpaired) electrons. The number of aromatic nitrogens is 2. The van der Waals surface area contributed by atoms with E-state index in [0.717, 1.165) is 10.7 Å². The molecule has 7 heteroatoms. The molecule has 3 rings (SSSR count). The lowest BCUT2D eigenvalue weighted by atomic mass is 9.93. The molecule has 1 atom stereocenters. The van der Waals surface area contributed by atoms with E-state index < -0.39 is 0 Å². The van der Waals surface area contributed by atoms with Crippen LogP contribution in [0.25, 0.3) is 0 Å². The molecule has 1 saturated heterocycles. The van der Waals surface area contributed by atoms with Gasteiger partial charge >= 0.3 is 0 Å². The number of hydrogen-bond acceptors (Lipinski definition) is 5. The minimum atomic E-state index is -0.190. The lowest BCUT2D eigenvalue weighted by molar-refractivity contribution is -0.0229. The van der Waals surface area contributed by atoms with E-state index in [0.29, 0.717) is 30.3 Å². The number of pyridine rings is 1. The molecular weight excluding hydrogens is 346 g/mol.